The number of aromatic nitrogens is 1. The molecule has 1 N–H and O–H groups in total. The summed E-state index contributed by atoms with van der Waals surface area (Å²) in [5, 5.41) is 0.0501. The van der Waals surface area contributed by atoms with Gasteiger partial charge in [0.25, 0.3) is 5.91 Å². The molecular weight excluding hydrogens is 485 g/mol. The number of nitrogens with zero attached hydrogens (tertiary/aromatic N) is 1. The largest absolute Gasteiger partial charge is 0.433 e. The molecule has 0 aliphatic rings. The van der Waals surface area contributed by atoms with Crippen molar-refractivity contribution in [3.8, 4) is 22.8 Å². The second kappa shape index (κ2) is 9.01. The van der Waals surface area contributed by atoms with Gasteiger partial charge in [-0.2, -0.15) is 0 Å². The van der Waals surface area contributed by atoms with Crippen molar-refractivity contribution < 1.29 is 26.7 Å². The van der Waals surface area contributed by atoms with Crippen LogP contribution in [0.3, 0.4) is 0 Å². The highest BCUT2D eigenvalue weighted by Gasteiger charge is 2.20. The average Bonchev–Trinajstić information content (AvgIpc) is 2.69. The minimum atomic E-state index is -3.85. The SMILES string of the molecule is Cc1cc(C(=O)NS(C)(=O)=O)c(F)cc1-c1cnc(Oc2c(Cl)ccc(C)c2F)c(Cl)c1. The van der Waals surface area contributed by atoms with Crippen LogP contribution in [0.4, 0.5) is 8.78 Å². The number of pyridine rings is 1. The minimum Gasteiger partial charge on any atom is -0.433 e. The molecule has 0 radical (unpaired) electrons. The van der Waals surface area contributed by atoms with E-state index in [4.69, 9.17) is 27.9 Å². The maximum Gasteiger partial charge on any atom is 0.267 e. The summed E-state index contributed by atoms with van der Waals surface area (Å²) in [6.07, 6.45) is 2.12. The first-order valence-corrected chi connectivity index (χ1v) is 11.6. The molecule has 0 spiro atoms. The molecule has 6 nitrogen and oxygen atoms in total. The Bertz CT molecular complexity index is 1350. The van der Waals surface area contributed by atoms with E-state index in [1.807, 2.05) is 0 Å². The Balaban J connectivity index is 1.95. The minimum absolute atomic E-state index is 0.0122. The van der Waals surface area contributed by atoms with Crippen LogP contribution in [0.2, 0.25) is 10.0 Å². The number of benzene rings is 2. The maximum absolute atomic E-state index is 14.5. The van der Waals surface area contributed by atoms with Gasteiger partial charge in [0.05, 0.1) is 16.8 Å². The number of carbonyl (C=O) groups is 1. The predicted molar refractivity (Wildman–Crippen MR) is 118 cm³/mol. The normalized spacial score (nSPS) is 11.3. The Morgan fingerprint density at radius 2 is 1.75 bits per heavy atom. The highest BCUT2D eigenvalue weighted by atomic mass is 35.5. The topological polar surface area (TPSA) is 85.4 Å². The number of hydrogen-bond donors (Lipinski definition) is 1. The molecule has 168 valence electrons. The summed E-state index contributed by atoms with van der Waals surface area (Å²) in [5.41, 5.74) is 1.11. The van der Waals surface area contributed by atoms with Gasteiger partial charge in [-0.15, -0.1) is 0 Å². The quantitative estimate of drug-likeness (QED) is 0.504. The fourth-order valence-corrected chi connectivity index (χ4v) is 3.69. The molecule has 0 bridgehead atoms. The van der Waals surface area contributed by atoms with Gasteiger partial charge in [-0.25, -0.2) is 26.9 Å². The highest BCUT2D eigenvalue weighted by Crippen LogP contribution is 2.37. The monoisotopic (exact) mass is 500 g/mol. The van der Waals surface area contributed by atoms with Gasteiger partial charge in [0.1, 0.15) is 10.8 Å². The van der Waals surface area contributed by atoms with Crippen LogP contribution in [-0.2, 0) is 10.0 Å². The van der Waals surface area contributed by atoms with Gasteiger partial charge in [-0.3, -0.25) is 4.79 Å². The van der Waals surface area contributed by atoms with Crippen molar-refractivity contribution >= 4 is 39.1 Å². The van der Waals surface area contributed by atoms with Crippen molar-refractivity contribution in [2.75, 3.05) is 6.26 Å². The van der Waals surface area contributed by atoms with Crippen molar-refractivity contribution in [3.05, 3.63) is 74.9 Å². The van der Waals surface area contributed by atoms with E-state index in [9.17, 15) is 22.0 Å². The third-order valence-electron chi connectivity index (χ3n) is 4.40. The Kier molecular flexibility index (Phi) is 6.73. The van der Waals surface area contributed by atoms with Gasteiger partial charge >= 0.3 is 0 Å². The highest BCUT2D eigenvalue weighted by molar-refractivity contribution is 7.89. The predicted octanol–water partition coefficient (Wildman–Crippen LogP) is 5.43. The molecule has 1 aromatic heterocycles. The summed E-state index contributed by atoms with van der Waals surface area (Å²) in [5.74, 6) is -3.00. The van der Waals surface area contributed by atoms with Crippen LogP contribution in [0.15, 0.2) is 36.5 Å². The molecule has 1 amide bonds. The summed E-state index contributed by atoms with van der Waals surface area (Å²) in [6, 6.07) is 6.69. The van der Waals surface area contributed by atoms with Gasteiger partial charge in [0, 0.05) is 11.8 Å². The molecule has 11 heteroatoms. The number of amides is 1. The molecule has 3 aromatic rings. The summed E-state index contributed by atoms with van der Waals surface area (Å²) >= 11 is 12.2. The molecule has 0 aliphatic heterocycles. The van der Waals surface area contributed by atoms with Crippen LogP contribution in [0.25, 0.3) is 11.1 Å². The number of nitrogens with one attached hydrogen (secondary N) is 1. The van der Waals surface area contributed by atoms with Crippen molar-refractivity contribution in [2.24, 2.45) is 0 Å². The molecule has 1 heterocycles. The van der Waals surface area contributed by atoms with Gasteiger partial charge in [-0.1, -0.05) is 29.3 Å². The van der Waals surface area contributed by atoms with Crippen molar-refractivity contribution in [2.45, 2.75) is 13.8 Å². The van der Waals surface area contributed by atoms with Gasteiger partial charge in [0.15, 0.2) is 11.6 Å². The smallest absolute Gasteiger partial charge is 0.267 e. The summed E-state index contributed by atoms with van der Waals surface area (Å²) < 4.78 is 58.5. The fraction of sp³-hybridized carbons (Fsp3) is 0.143. The summed E-state index contributed by atoms with van der Waals surface area (Å²) in [4.78, 5) is 16.1. The van der Waals surface area contributed by atoms with E-state index in [1.165, 1.54) is 30.5 Å². The zero-order valence-corrected chi connectivity index (χ0v) is 19.3. The number of sulfonamides is 1. The maximum atomic E-state index is 14.5. The molecule has 0 aliphatic carbocycles. The van der Waals surface area contributed by atoms with E-state index >= 15 is 0 Å². The molecule has 0 fully saturated rings. The standard InChI is InChI=1S/C21H16Cl2F2N2O4S/c1-10-4-5-15(22)19(18(10)25)31-21-16(23)7-12(9-26-21)13-8-17(24)14(6-11(13)2)20(28)27-32(3,29)30/h4-9H,1-3H3,(H,27,28). The first kappa shape index (κ1) is 23.9. The van der Waals surface area contributed by atoms with Crippen LogP contribution in [0, 0.1) is 25.5 Å². The van der Waals surface area contributed by atoms with E-state index in [1.54, 1.807) is 18.6 Å². The fourth-order valence-electron chi connectivity index (χ4n) is 2.86. The second-order valence-corrected chi connectivity index (χ2v) is 9.53. The lowest BCUT2D eigenvalue weighted by molar-refractivity contribution is 0.0977. The molecule has 0 atom stereocenters. The van der Waals surface area contributed by atoms with Crippen LogP contribution < -0.4 is 9.46 Å². The number of rotatable bonds is 5. The number of ether oxygens (including phenoxy) is 1. The van der Waals surface area contributed by atoms with Crippen molar-refractivity contribution in [3.63, 3.8) is 0 Å². The van der Waals surface area contributed by atoms with Gasteiger partial charge < -0.3 is 4.74 Å². The molecule has 32 heavy (non-hydrogen) atoms. The van der Waals surface area contributed by atoms with E-state index in [-0.39, 0.29) is 21.7 Å². The average molecular weight is 501 g/mol. The van der Waals surface area contributed by atoms with E-state index in [0.717, 1.165) is 12.3 Å². The third-order valence-corrected chi connectivity index (χ3v) is 5.52. The van der Waals surface area contributed by atoms with E-state index < -0.39 is 33.1 Å². The molecule has 3 rings (SSSR count). The Labute approximate surface area is 193 Å². The van der Waals surface area contributed by atoms with Gasteiger partial charge in [0.2, 0.25) is 15.9 Å². The van der Waals surface area contributed by atoms with Crippen LogP contribution in [0.5, 0.6) is 11.6 Å². The molecule has 0 saturated heterocycles. The lowest BCUT2D eigenvalue weighted by atomic mass is 9.99. The lowest BCUT2D eigenvalue weighted by Crippen LogP contribution is -2.30. The molecule has 2 aromatic carbocycles. The Morgan fingerprint density at radius 3 is 2.38 bits per heavy atom. The van der Waals surface area contributed by atoms with Crippen molar-refractivity contribution in [1.29, 1.82) is 0 Å². The number of halogens is 4. The second-order valence-electron chi connectivity index (χ2n) is 6.97. The van der Waals surface area contributed by atoms with Crippen molar-refractivity contribution in [1.82, 2.24) is 9.71 Å². The molecule has 0 saturated carbocycles. The first-order valence-electron chi connectivity index (χ1n) is 8.98. The van der Waals surface area contributed by atoms with Crippen LogP contribution in [0.1, 0.15) is 21.5 Å². The Morgan fingerprint density at radius 1 is 1.06 bits per heavy atom. The number of carbonyl (C=O) groups excluding carboxylic acids is 1. The van der Waals surface area contributed by atoms with Gasteiger partial charge in [-0.05, 0) is 54.8 Å². The zero-order valence-electron chi connectivity index (χ0n) is 17.0. The zero-order chi connectivity index (χ0) is 23.8. The van der Waals surface area contributed by atoms with E-state index in [0.29, 0.717) is 22.3 Å². The first-order chi connectivity index (χ1) is 14.9. The molecule has 0 unspecified atom stereocenters. The lowest BCUT2D eigenvalue weighted by Gasteiger charge is -2.13. The van der Waals surface area contributed by atoms with Crippen LogP contribution in [-0.4, -0.2) is 25.6 Å². The summed E-state index contributed by atoms with van der Waals surface area (Å²) in [6.45, 7) is 3.15. The number of hydrogen-bond acceptors (Lipinski definition) is 5. The number of aryl methyl sites for hydroxylation is 2. The van der Waals surface area contributed by atoms with E-state index in [2.05, 4.69) is 4.98 Å². The van der Waals surface area contributed by atoms with Crippen LogP contribution >= 0.6 is 23.2 Å². The molecular formula is C21H16Cl2F2N2O4S. The third kappa shape index (κ3) is 5.17. The summed E-state index contributed by atoms with van der Waals surface area (Å²) in [7, 11) is -3.85. The Hall–Kier alpha value is -2.75.